The average molecular weight is 223 g/mol. The van der Waals surface area contributed by atoms with Gasteiger partial charge in [-0.2, -0.15) is 0 Å². The summed E-state index contributed by atoms with van der Waals surface area (Å²) in [5.74, 6) is 0. The quantitative estimate of drug-likeness (QED) is 0.771. The number of hydrogen-bond donors (Lipinski definition) is 2. The van der Waals surface area contributed by atoms with Crippen molar-refractivity contribution in [1.82, 2.24) is 4.98 Å². The van der Waals surface area contributed by atoms with Crippen LogP contribution in [0.4, 0.5) is 10.1 Å². The number of thiazole rings is 1. The van der Waals surface area contributed by atoms with Crippen LogP contribution in [0.15, 0.2) is 17.8 Å². The number of nitrogens with two attached hydrogens (primary N) is 1. The highest BCUT2D eigenvalue weighted by Gasteiger charge is 2.03. The molecule has 1 aromatic heterocycles. The van der Waals surface area contributed by atoms with Crippen molar-refractivity contribution in [1.29, 1.82) is 0 Å². The van der Waals surface area contributed by atoms with Gasteiger partial charge in [-0.3, -0.25) is 0 Å². The first kappa shape index (κ1) is 10.5. The first-order valence-electron chi connectivity index (χ1n) is 5.47. The predicted molar refractivity (Wildman–Crippen MR) is 66.2 cm³/mol. The molecule has 82 valence electrons. The van der Waals surface area contributed by atoms with Crippen LogP contribution in [0.3, 0.4) is 0 Å². The maximum atomic E-state index is 5.60. The first-order chi connectivity index (χ1) is 7.34. The average Bonchev–Trinajstić information content (AvgIpc) is 2.66. The first-order valence-corrected chi connectivity index (χ1v) is 6.29. The number of nitrogen functional groups attached to an aromatic ring is 1. The van der Waals surface area contributed by atoms with Gasteiger partial charge in [-0.05, 0) is 32.1 Å². The number of nitrogens with zero attached hydrogens (tertiary/aromatic N) is 1. The van der Waals surface area contributed by atoms with E-state index >= 15 is 0 Å². The molecule has 0 radical (unpaired) electrons. The molecular formula is C11H17N3S. The lowest BCUT2D eigenvalue weighted by molar-refractivity contribution is 0.679. The minimum Gasteiger partial charge on any atom is -0.389 e. The predicted octanol–water partition coefficient (Wildman–Crippen LogP) is 3.03. The highest BCUT2D eigenvalue weighted by atomic mass is 32.1. The van der Waals surface area contributed by atoms with Gasteiger partial charge in [0.05, 0.1) is 6.20 Å². The molecule has 0 saturated carbocycles. The Kier molecular flexibility index (Phi) is 3.61. The molecule has 0 unspecified atom stereocenters. The molecule has 1 aliphatic rings. The highest BCUT2D eigenvalue weighted by Crippen LogP contribution is 2.22. The lowest BCUT2D eigenvalue weighted by atomic mass is 9.97. The molecule has 1 aliphatic carbocycles. The van der Waals surface area contributed by atoms with Gasteiger partial charge >= 0.3 is 0 Å². The molecule has 0 aliphatic heterocycles. The summed E-state index contributed by atoms with van der Waals surface area (Å²) in [7, 11) is 0. The van der Waals surface area contributed by atoms with E-state index in [1.807, 2.05) is 0 Å². The molecule has 0 bridgehead atoms. The van der Waals surface area contributed by atoms with Crippen molar-refractivity contribution in [3.8, 4) is 0 Å². The van der Waals surface area contributed by atoms with Gasteiger partial charge in [-0.15, -0.1) is 0 Å². The molecule has 0 fully saturated rings. The van der Waals surface area contributed by atoms with Crippen molar-refractivity contribution >= 4 is 21.5 Å². The summed E-state index contributed by atoms with van der Waals surface area (Å²) in [6.07, 6.45) is 10.5. The maximum Gasteiger partial charge on any atom is 0.184 e. The van der Waals surface area contributed by atoms with Crippen LogP contribution in [0.2, 0.25) is 0 Å². The van der Waals surface area contributed by atoms with E-state index < -0.39 is 0 Å². The fourth-order valence-corrected chi connectivity index (χ4v) is 2.44. The van der Waals surface area contributed by atoms with Crippen molar-refractivity contribution in [3.05, 3.63) is 17.8 Å². The van der Waals surface area contributed by atoms with Crippen LogP contribution >= 0.6 is 11.3 Å². The van der Waals surface area contributed by atoms with Crippen LogP contribution in [0, 0.1) is 0 Å². The molecule has 15 heavy (non-hydrogen) atoms. The summed E-state index contributed by atoms with van der Waals surface area (Å²) in [4.78, 5) is 4.16. The van der Waals surface area contributed by atoms with E-state index in [0.717, 1.165) is 23.1 Å². The second-order valence-corrected chi connectivity index (χ2v) is 4.91. The molecule has 0 amide bonds. The van der Waals surface area contributed by atoms with Crippen LogP contribution < -0.4 is 11.1 Å². The number of nitrogens with one attached hydrogen (secondary N) is 1. The third kappa shape index (κ3) is 3.23. The van der Waals surface area contributed by atoms with Gasteiger partial charge in [0.1, 0.15) is 5.00 Å². The van der Waals surface area contributed by atoms with Crippen LogP contribution in [0.1, 0.15) is 32.1 Å². The third-order valence-electron chi connectivity index (χ3n) is 2.63. The molecule has 0 aromatic carbocycles. The normalized spacial score (nSPS) is 16.1. The largest absolute Gasteiger partial charge is 0.389 e. The molecule has 1 aromatic rings. The minimum absolute atomic E-state index is 0.773. The molecule has 0 atom stereocenters. The molecule has 0 spiro atoms. The molecule has 1 heterocycles. The Morgan fingerprint density at radius 2 is 2.40 bits per heavy atom. The molecule has 3 N–H and O–H groups in total. The van der Waals surface area contributed by atoms with Crippen molar-refractivity contribution in [2.75, 3.05) is 17.6 Å². The zero-order valence-electron chi connectivity index (χ0n) is 8.83. The lowest BCUT2D eigenvalue weighted by Crippen LogP contribution is -2.03. The van der Waals surface area contributed by atoms with E-state index in [4.69, 9.17) is 5.73 Å². The van der Waals surface area contributed by atoms with Gasteiger partial charge in [-0.25, -0.2) is 4.98 Å². The van der Waals surface area contributed by atoms with Gasteiger partial charge in [0.25, 0.3) is 0 Å². The van der Waals surface area contributed by atoms with E-state index in [-0.39, 0.29) is 0 Å². The Labute approximate surface area is 94.4 Å². The maximum absolute atomic E-state index is 5.60. The van der Waals surface area contributed by atoms with E-state index in [1.165, 1.54) is 37.0 Å². The van der Waals surface area contributed by atoms with Crippen LogP contribution in [0.5, 0.6) is 0 Å². The summed E-state index contributed by atoms with van der Waals surface area (Å²) < 4.78 is 0. The Hall–Kier alpha value is -1.03. The second kappa shape index (κ2) is 5.16. The fraction of sp³-hybridized carbons (Fsp3) is 0.545. The Bertz CT molecular complexity index is 343. The molecule has 2 rings (SSSR count). The SMILES string of the molecule is Nc1cnc(NCCC2=CCCCC2)s1. The summed E-state index contributed by atoms with van der Waals surface area (Å²) in [5, 5.41) is 5.01. The van der Waals surface area contributed by atoms with Crippen LogP contribution in [-0.2, 0) is 0 Å². The topological polar surface area (TPSA) is 50.9 Å². The van der Waals surface area contributed by atoms with Crippen LogP contribution in [0.25, 0.3) is 0 Å². The smallest absolute Gasteiger partial charge is 0.184 e. The Morgan fingerprint density at radius 1 is 1.47 bits per heavy atom. The molecule has 0 saturated heterocycles. The Morgan fingerprint density at radius 3 is 3.07 bits per heavy atom. The second-order valence-electron chi connectivity index (χ2n) is 3.85. The number of aromatic nitrogens is 1. The van der Waals surface area contributed by atoms with Gasteiger partial charge in [0.2, 0.25) is 0 Å². The lowest BCUT2D eigenvalue weighted by Gasteiger charge is -2.12. The molecule has 4 heteroatoms. The zero-order chi connectivity index (χ0) is 10.5. The molecule has 3 nitrogen and oxygen atoms in total. The summed E-state index contributed by atoms with van der Waals surface area (Å²) in [6.45, 7) is 0.971. The van der Waals surface area contributed by atoms with Crippen molar-refractivity contribution in [2.45, 2.75) is 32.1 Å². The van der Waals surface area contributed by atoms with Gasteiger partial charge in [-0.1, -0.05) is 23.0 Å². The van der Waals surface area contributed by atoms with Crippen LogP contribution in [-0.4, -0.2) is 11.5 Å². The van der Waals surface area contributed by atoms with Gasteiger partial charge < -0.3 is 11.1 Å². The fourth-order valence-electron chi connectivity index (χ4n) is 1.83. The zero-order valence-corrected chi connectivity index (χ0v) is 9.65. The van der Waals surface area contributed by atoms with Crippen molar-refractivity contribution in [2.24, 2.45) is 0 Å². The van der Waals surface area contributed by atoms with Gasteiger partial charge in [0, 0.05) is 6.54 Å². The number of anilines is 2. The molecular weight excluding hydrogens is 206 g/mol. The van der Waals surface area contributed by atoms with Crippen molar-refractivity contribution in [3.63, 3.8) is 0 Å². The summed E-state index contributed by atoms with van der Waals surface area (Å²) in [5.41, 5.74) is 7.19. The number of rotatable bonds is 4. The van der Waals surface area contributed by atoms with Gasteiger partial charge in [0.15, 0.2) is 5.13 Å². The van der Waals surface area contributed by atoms with E-state index in [2.05, 4.69) is 16.4 Å². The standard InChI is InChI=1S/C11H17N3S/c12-10-8-14-11(15-10)13-7-6-9-4-2-1-3-5-9/h4,8H,1-3,5-7,12H2,(H,13,14). The van der Waals surface area contributed by atoms with E-state index in [1.54, 1.807) is 11.8 Å². The van der Waals surface area contributed by atoms with E-state index in [0.29, 0.717) is 0 Å². The van der Waals surface area contributed by atoms with E-state index in [9.17, 15) is 0 Å². The minimum atomic E-state index is 0.773. The third-order valence-corrected chi connectivity index (χ3v) is 3.42. The summed E-state index contributed by atoms with van der Waals surface area (Å²) in [6, 6.07) is 0. The Balaban J connectivity index is 1.72. The van der Waals surface area contributed by atoms with Crippen molar-refractivity contribution < 1.29 is 0 Å². The highest BCUT2D eigenvalue weighted by molar-refractivity contribution is 7.19. The summed E-state index contributed by atoms with van der Waals surface area (Å²) >= 11 is 1.51. The number of hydrogen-bond acceptors (Lipinski definition) is 4. The monoisotopic (exact) mass is 223 g/mol. The number of allylic oxidation sites excluding steroid dienone is 1.